The molecule has 0 saturated carbocycles. The molecule has 1 atom stereocenters. The van der Waals surface area contributed by atoms with Gasteiger partial charge >= 0.3 is 0 Å². The Bertz CT molecular complexity index is 889. The second-order valence-corrected chi connectivity index (χ2v) is 8.93. The average molecular weight is 377 g/mol. The van der Waals surface area contributed by atoms with Gasteiger partial charge in [0.05, 0.1) is 11.9 Å². The van der Waals surface area contributed by atoms with Crippen LogP contribution in [-0.4, -0.2) is 76.0 Å². The number of nitrogens with zero attached hydrogens (tertiary/aromatic N) is 5. The number of piperazine rings is 1. The quantitative estimate of drug-likeness (QED) is 0.833. The molecule has 3 heterocycles. The van der Waals surface area contributed by atoms with E-state index in [2.05, 4.69) is 15.0 Å². The summed E-state index contributed by atoms with van der Waals surface area (Å²) in [5, 5.41) is 15.2. The molecule has 1 fully saturated rings. The van der Waals surface area contributed by atoms with Crippen LogP contribution in [0.5, 0.6) is 5.88 Å². The van der Waals surface area contributed by atoms with Gasteiger partial charge in [0.2, 0.25) is 15.9 Å². The Morgan fingerprint density at radius 1 is 1.19 bits per heavy atom. The molecule has 1 aliphatic heterocycles. The van der Waals surface area contributed by atoms with Crippen LogP contribution >= 0.6 is 0 Å². The lowest BCUT2D eigenvalue weighted by molar-refractivity contribution is 0.126. The van der Waals surface area contributed by atoms with Crippen LogP contribution in [0, 0.1) is 0 Å². The fraction of sp³-hybridized carbons (Fsp3) is 0.529. The number of hydrogen-bond acceptors (Lipinski definition) is 6. The Hall–Kier alpha value is -1.97. The molecule has 1 N–H and O–H groups in total. The van der Waals surface area contributed by atoms with Crippen LogP contribution < -0.4 is 0 Å². The van der Waals surface area contributed by atoms with Gasteiger partial charge in [-0.15, -0.1) is 0 Å². The van der Waals surface area contributed by atoms with Gasteiger partial charge in [0.25, 0.3) is 0 Å². The van der Waals surface area contributed by atoms with Gasteiger partial charge in [0, 0.05) is 44.0 Å². The topological polar surface area (TPSA) is 91.6 Å². The normalized spacial score (nSPS) is 22.3. The molecule has 8 nitrogen and oxygen atoms in total. The number of sulfonamides is 1. The molecule has 0 bridgehead atoms. The maximum atomic E-state index is 11.7. The van der Waals surface area contributed by atoms with Gasteiger partial charge in [-0.05, 0) is 31.4 Å². The third kappa shape index (κ3) is 3.22. The molecule has 2 aromatic heterocycles. The SMILES string of the molecule is CS(=O)(=O)N1CCN(C2CCc3nn(-c4ccccn4)c(O)c3C2)CC1. The minimum Gasteiger partial charge on any atom is -0.493 e. The summed E-state index contributed by atoms with van der Waals surface area (Å²) < 4.78 is 26.4. The van der Waals surface area contributed by atoms with Crippen molar-refractivity contribution in [2.45, 2.75) is 25.3 Å². The van der Waals surface area contributed by atoms with E-state index >= 15 is 0 Å². The second-order valence-electron chi connectivity index (χ2n) is 6.94. The van der Waals surface area contributed by atoms with Crippen LogP contribution in [0.15, 0.2) is 24.4 Å². The number of aromatic hydroxyl groups is 1. The van der Waals surface area contributed by atoms with Crippen molar-refractivity contribution < 1.29 is 13.5 Å². The highest BCUT2D eigenvalue weighted by molar-refractivity contribution is 7.88. The van der Waals surface area contributed by atoms with Crippen molar-refractivity contribution in [1.82, 2.24) is 24.0 Å². The van der Waals surface area contributed by atoms with E-state index in [1.807, 2.05) is 18.2 Å². The van der Waals surface area contributed by atoms with Crippen LogP contribution in [-0.2, 0) is 22.9 Å². The number of aryl methyl sites for hydroxylation is 1. The average Bonchev–Trinajstić information content (AvgIpc) is 2.98. The molecule has 9 heteroatoms. The van der Waals surface area contributed by atoms with Gasteiger partial charge in [-0.1, -0.05) is 6.07 Å². The summed E-state index contributed by atoms with van der Waals surface area (Å²) in [5.74, 6) is 0.774. The van der Waals surface area contributed by atoms with Crippen molar-refractivity contribution in [2.75, 3.05) is 32.4 Å². The zero-order chi connectivity index (χ0) is 18.3. The summed E-state index contributed by atoms with van der Waals surface area (Å²) in [4.78, 5) is 6.60. The van der Waals surface area contributed by atoms with E-state index in [-0.39, 0.29) is 5.88 Å². The Balaban J connectivity index is 1.50. The molecular weight excluding hydrogens is 354 g/mol. The van der Waals surface area contributed by atoms with Crippen LogP contribution in [0.2, 0.25) is 0 Å². The Morgan fingerprint density at radius 3 is 2.62 bits per heavy atom. The van der Waals surface area contributed by atoms with E-state index in [0.29, 0.717) is 24.9 Å². The summed E-state index contributed by atoms with van der Waals surface area (Å²) in [5.41, 5.74) is 1.82. The Morgan fingerprint density at radius 2 is 1.96 bits per heavy atom. The summed E-state index contributed by atoms with van der Waals surface area (Å²) in [6, 6.07) is 5.82. The van der Waals surface area contributed by atoms with Crippen LogP contribution in [0.3, 0.4) is 0 Å². The van der Waals surface area contributed by atoms with Crippen LogP contribution in [0.4, 0.5) is 0 Å². The molecule has 0 aromatic carbocycles. The third-order valence-corrected chi connectivity index (χ3v) is 6.62. The van der Waals surface area contributed by atoms with E-state index in [9.17, 15) is 13.5 Å². The van der Waals surface area contributed by atoms with Crippen molar-refractivity contribution in [3.63, 3.8) is 0 Å². The van der Waals surface area contributed by atoms with Gasteiger partial charge in [0.15, 0.2) is 5.82 Å². The first-order valence-corrected chi connectivity index (χ1v) is 10.7. The zero-order valence-electron chi connectivity index (χ0n) is 14.7. The predicted octanol–water partition coefficient (Wildman–Crippen LogP) is 0.407. The monoisotopic (exact) mass is 377 g/mol. The summed E-state index contributed by atoms with van der Waals surface area (Å²) >= 11 is 0. The van der Waals surface area contributed by atoms with Crippen molar-refractivity contribution in [3.8, 4) is 11.7 Å². The highest BCUT2D eigenvalue weighted by Gasteiger charge is 2.33. The summed E-state index contributed by atoms with van der Waals surface area (Å²) in [6.07, 6.45) is 5.44. The molecular formula is C17H23N5O3S. The van der Waals surface area contributed by atoms with Gasteiger partial charge in [0.1, 0.15) is 0 Å². The van der Waals surface area contributed by atoms with Gasteiger partial charge in [-0.25, -0.2) is 13.4 Å². The second kappa shape index (κ2) is 6.64. The number of hydrogen-bond donors (Lipinski definition) is 1. The maximum Gasteiger partial charge on any atom is 0.219 e. The van der Waals surface area contributed by atoms with Gasteiger partial charge in [-0.2, -0.15) is 14.1 Å². The van der Waals surface area contributed by atoms with E-state index in [0.717, 1.165) is 43.6 Å². The lowest BCUT2D eigenvalue weighted by Crippen LogP contribution is -2.52. The first-order chi connectivity index (χ1) is 12.4. The standard InChI is InChI=1S/C17H23N5O3S/c1-26(24,25)21-10-8-20(9-11-21)13-5-6-15-14(12-13)17(23)22(19-15)16-4-2-3-7-18-16/h2-4,7,13,23H,5-6,8-12H2,1H3. The highest BCUT2D eigenvalue weighted by atomic mass is 32.2. The van der Waals surface area contributed by atoms with E-state index in [4.69, 9.17) is 0 Å². The van der Waals surface area contributed by atoms with Crippen molar-refractivity contribution in [3.05, 3.63) is 35.7 Å². The molecule has 1 aliphatic carbocycles. The summed E-state index contributed by atoms with van der Waals surface area (Å²) in [7, 11) is -3.12. The van der Waals surface area contributed by atoms with Gasteiger partial charge in [-0.3, -0.25) is 4.90 Å². The molecule has 1 unspecified atom stereocenters. The number of aromatic nitrogens is 3. The van der Waals surface area contributed by atoms with Crippen LogP contribution in [0.25, 0.3) is 5.82 Å². The number of rotatable bonds is 3. The lowest BCUT2D eigenvalue weighted by Gasteiger charge is -2.39. The van der Waals surface area contributed by atoms with Gasteiger partial charge < -0.3 is 5.11 Å². The maximum absolute atomic E-state index is 11.7. The molecule has 0 amide bonds. The molecule has 0 spiro atoms. The Kier molecular flexibility index (Phi) is 4.45. The van der Waals surface area contributed by atoms with Crippen molar-refractivity contribution in [2.24, 2.45) is 0 Å². The van der Waals surface area contributed by atoms with E-state index < -0.39 is 10.0 Å². The molecule has 140 valence electrons. The summed E-state index contributed by atoms with van der Waals surface area (Å²) in [6.45, 7) is 2.51. The predicted molar refractivity (Wildman–Crippen MR) is 96.8 cm³/mol. The molecule has 1 saturated heterocycles. The fourth-order valence-electron chi connectivity index (χ4n) is 3.89. The zero-order valence-corrected chi connectivity index (χ0v) is 15.6. The minimum atomic E-state index is -3.12. The third-order valence-electron chi connectivity index (χ3n) is 5.32. The first-order valence-electron chi connectivity index (χ1n) is 8.84. The Labute approximate surface area is 153 Å². The number of fused-ring (bicyclic) bond motifs is 1. The molecule has 26 heavy (non-hydrogen) atoms. The first kappa shape index (κ1) is 17.4. The smallest absolute Gasteiger partial charge is 0.219 e. The van der Waals surface area contributed by atoms with Crippen molar-refractivity contribution in [1.29, 1.82) is 0 Å². The molecule has 2 aliphatic rings. The van der Waals surface area contributed by atoms with Crippen LogP contribution in [0.1, 0.15) is 17.7 Å². The highest BCUT2D eigenvalue weighted by Crippen LogP contribution is 2.32. The fourth-order valence-corrected chi connectivity index (χ4v) is 4.71. The van der Waals surface area contributed by atoms with Crippen molar-refractivity contribution >= 4 is 10.0 Å². The number of pyridine rings is 1. The molecule has 4 rings (SSSR count). The minimum absolute atomic E-state index is 0.165. The van der Waals surface area contributed by atoms with E-state index in [1.54, 1.807) is 6.20 Å². The van der Waals surface area contributed by atoms with E-state index in [1.165, 1.54) is 15.2 Å². The molecule has 0 radical (unpaired) electrons. The molecule has 2 aromatic rings. The largest absolute Gasteiger partial charge is 0.493 e. The lowest BCUT2D eigenvalue weighted by atomic mass is 9.91.